The average Bonchev–Trinajstić information content (AvgIpc) is 2.98. The minimum Gasteiger partial charge on any atom is -0.493 e. The highest BCUT2D eigenvalue weighted by molar-refractivity contribution is 5.40. The van der Waals surface area contributed by atoms with Gasteiger partial charge >= 0.3 is 0 Å². The minimum atomic E-state index is 0.453. The summed E-state index contributed by atoms with van der Waals surface area (Å²) in [5.41, 5.74) is 6.72. The van der Waals surface area contributed by atoms with E-state index in [2.05, 4.69) is 11.9 Å². The number of nitrogens with two attached hydrogens (primary N) is 1. The van der Waals surface area contributed by atoms with Crippen molar-refractivity contribution in [2.24, 2.45) is 5.73 Å². The van der Waals surface area contributed by atoms with Crippen LogP contribution in [-0.4, -0.2) is 22.8 Å². The first-order valence-corrected chi connectivity index (χ1v) is 6.87. The Morgan fingerprint density at radius 2 is 2.15 bits per heavy atom. The molecule has 0 bridgehead atoms. The highest BCUT2D eigenvalue weighted by atomic mass is 16.5. The third-order valence-corrected chi connectivity index (χ3v) is 2.90. The Bertz CT molecular complexity index is 512. The summed E-state index contributed by atoms with van der Waals surface area (Å²) < 4.78 is 13.4. The molecular formula is C15H21N3O2. The van der Waals surface area contributed by atoms with Gasteiger partial charge < -0.3 is 19.8 Å². The zero-order valence-corrected chi connectivity index (χ0v) is 11.8. The summed E-state index contributed by atoms with van der Waals surface area (Å²) in [6, 6.07) is 5.80. The van der Waals surface area contributed by atoms with Crippen LogP contribution in [0.25, 0.3) is 0 Å². The third kappa shape index (κ3) is 3.99. The van der Waals surface area contributed by atoms with E-state index in [-0.39, 0.29) is 0 Å². The van der Waals surface area contributed by atoms with Crippen molar-refractivity contribution >= 4 is 0 Å². The maximum Gasteiger partial charge on any atom is 0.127 e. The number of imidazole rings is 1. The van der Waals surface area contributed by atoms with Gasteiger partial charge in [-0.2, -0.15) is 0 Å². The van der Waals surface area contributed by atoms with E-state index in [0.29, 0.717) is 19.8 Å². The molecule has 1 aromatic heterocycles. The maximum absolute atomic E-state index is 5.81. The first-order chi connectivity index (χ1) is 9.83. The lowest BCUT2D eigenvalue weighted by Crippen LogP contribution is -2.09. The predicted molar refractivity (Wildman–Crippen MR) is 77.8 cm³/mol. The molecule has 0 saturated carbocycles. The van der Waals surface area contributed by atoms with Gasteiger partial charge in [0.05, 0.1) is 19.5 Å². The molecule has 0 aliphatic rings. The van der Waals surface area contributed by atoms with Crippen LogP contribution >= 0.6 is 0 Å². The maximum atomic E-state index is 5.81. The van der Waals surface area contributed by atoms with Gasteiger partial charge in [-0.1, -0.05) is 13.0 Å². The van der Waals surface area contributed by atoms with Gasteiger partial charge in [-0.15, -0.1) is 0 Å². The van der Waals surface area contributed by atoms with Gasteiger partial charge in [-0.3, -0.25) is 0 Å². The minimum absolute atomic E-state index is 0.453. The Hall–Kier alpha value is -2.01. The third-order valence-electron chi connectivity index (χ3n) is 2.90. The molecule has 0 aliphatic carbocycles. The molecular weight excluding hydrogens is 254 g/mol. The van der Waals surface area contributed by atoms with Gasteiger partial charge in [-0.05, 0) is 12.5 Å². The number of hydrogen-bond donors (Lipinski definition) is 1. The second kappa shape index (κ2) is 7.55. The molecule has 0 unspecified atom stereocenters. The molecule has 20 heavy (non-hydrogen) atoms. The molecule has 0 amide bonds. The fourth-order valence-electron chi connectivity index (χ4n) is 1.83. The van der Waals surface area contributed by atoms with E-state index in [9.17, 15) is 0 Å². The number of aromatic nitrogens is 2. The Morgan fingerprint density at radius 3 is 2.85 bits per heavy atom. The Morgan fingerprint density at radius 1 is 1.25 bits per heavy atom. The molecule has 0 spiro atoms. The quantitative estimate of drug-likeness (QED) is 0.802. The first-order valence-electron chi connectivity index (χ1n) is 6.87. The van der Waals surface area contributed by atoms with Crippen LogP contribution in [0.5, 0.6) is 11.5 Å². The molecule has 2 aromatic rings. The molecule has 2 rings (SSSR count). The Kier molecular flexibility index (Phi) is 5.43. The van der Waals surface area contributed by atoms with E-state index < -0.39 is 0 Å². The van der Waals surface area contributed by atoms with Crippen LogP contribution in [0.2, 0.25) is 0 Å². The molecule has 0 fully saturated rings. The van der Waals surface area contributed by atoms with E-state index in [0.717, 1.165) is 30.0 Å². The van der Waals surface area contributed by atoms with Gasteiger partial charge in [0, 0.05) is 30.6 Å². The van der Waals surface area contributed by atoms with Crippen LogP contribution in [0.4, 0.5) is 0 Å². The van der Waals surface area contributed by atoms with E-state index in [1.54, 1.807) is 12.5 Å². The summed E-state index contributed by atoms with van der Waals surface area (Å²) in [7, 11) is 0. The smallest absolute Gasteiger partial charge is 0.127 e. The van der Waals surface area contributed by atoms with Crippen LogP contribution in [0.15, 0.2) is 36.9 Å². The molecule has 0 saturated heterocycles. The van der Waals surface area contributed by atoms with Crippen molar-refractivity contribution in [3.8, 4) is 11.5 Å². The zero-order valence-electron chi connectivity index (χ0n) is 11.8. The molecule has 5 heteroatoms. The second-order valence-electron chi connectivity index (χ2n) is 4.47. The van der Waals surface area contributed by atoms with Gasteiger partial charge in [0.15, 0.2) is 0 Å². The molecule has 1 heterocycles. The van der Waals surface area contributed by atoms with Crippen LogP contribution in [0, 0.1) is 0 Å². The van der Waals surface area contributed by atoms with Crippen molar-refractivity contribution in [1.29, 1.82) is 0 Å². The summed E-state index contributed by atoms with van der Waals surface area (Å²) >= 11 is 0. The summed E-state index contributed by atoms with van der Waals surface area (Å²) in [5, 5.41) is 0. The standard InChI is InChI=1S/C15H21N3O2/c1-2-8-19-14-4-3-13(11-16)15(10-14)20-9-7-18-6-5-17-12-18/h3-6,10,12H,2,7-9,11,16H2,1H3. The molecule has 0 radical (unpaired) electrons. The number of hydrogen-bond acceptors (Lipinski definition) is 4. The summed E-state index contributed by atoms with van der Waals surface area (Å²) in [6.07, 6.45) is 6.42. The fraction of sp³-hybridized carbons (Fsp3) is 0.400. The molecule has 108 valence electrons. The number of rotatable bonds is 8. The predicted octanol–water partition coefficient (Wildman–Crippen LogP) is 2.21. The molecule has 0 aliphatic heterocycles. The van der Waals surface area contributed by atoms with Gasteiger partial charge in [0.1, 0.15) is 18.1 Å². The van der Waals surface area contributed by atoms with Crippen LogP contribution < -0.4 is 15.2 Å². The summed E-state index contributed by atoms with van der Waals surface area (Å²) in [5.74, 6) is 1.61. The number of ether oxygens (including phenoxy) is 2. The number of nitrogens with zero attached hydrogens (tertiary/aromatic N) is 2. The lowest BCUT2D eigenvalue weighted by molar-refractivity contribution is 0.287. The van der Waals surface area contributed by atoms with Crippen molar-refractivity contribution < 1.29 is 9.47 Å². The molecule has 0 atom stereocenters. The monoisotopic (exact) mass is 275 g/mol. The Labute approximate surface area is 119 Å². The van der Waals surface area contributed by atoms with Crippen LogP contribution in [0.1, 0.15) is 18.9 Å². The van der Waals surface area contributed by atoms with Crippen LogP contribution in [-0.2, 0) is 13.1 Å². The van der Waals surface area contributed by atoms with Gasteiger partial charge in [0.2, 0.25) is 0 Å². The highest BCUT2D eigenvalue weighted by Gasteiger charge is 2.05. The number of benzene rings is 1. The second-order valence-corrected chi connectivity index (χ2v) is 4.47. The Balaban J connectivity index is 1.96. The molecule has 1 aromatic carbocycles. The zero-order chi connectivity index (χ0) is 14.2. The van der Waals surface area contributed by atoms with Gasteiger partial charge in [0.25, 0.3) is 0 Å². The lowest BCUT2D eigenvalue weighted by atomic mass is 10.2. The topological polar surface area (TPSA) is 62.3 Å². The van der Waals surface area contributed by atoms with E-state index in [1.165, 1.54) is 0 Å². The summed E-state index contributed by atoms with van der Waals surface area (Å²) in [4.78, 5) is 4.00. The van der Waals surface area contributed by atoms with E-state index in [4.69, 9.17) is 15.2 Å². The van der Waals surface area contributed by atoms with Crippen molar-refractivity contribution in [3.05, 3.63) is 42.5 Å². The molecule has 5 nitrogen and oxygen atoms in total. The normalized spacial score (nSPS) is 10.5. The van der Waals surface area contributed by atoms with Crippen molar-refractivity contribution in [3.63, 3.8) is 0 Å². The molecule has 2 N–H and O–H groups in total. The van der Waals surface area contributed by atoms with Crippen molar-refractivity contribution in [2.45, 2.75) is 26.4 Å². The SMILES string of the molecule is CCCOc1ccc(CN)c(OCCn2ccnc2)c1. The van der Waals surface area contributed by atoms with E-state index in [1.807, 2.05) is 29.0 Å². The first kappa shape index (κ1) is 14.4. The highest BCUT2D eigenvalue weighted by Crippen LogP contribution is 2.25. The summed E-state index contributed by atoms with van der Waals surface area (Å²) in [6.45, 7) is 4.56. The van der Waals surface area contributed by atoms with Crippen molar-refractivity contribution in [1.82, 2.24) is 9.55 Å². The van der Waals surface area contributed by atoms with E-state index >= 15 is 0 Å². The largest absolute Gasteiger partial charge is 0.493 e. The van der Waals surface area contributed by atoms with Crippen molar-refractivity contribution in [2.75, 3.05) is 13.2 Å². The lowest BCUT2D eigenvalue weighted by Gasteiger charge is -2.13. The average molecular weight is 275 g/mol. The fourth-order valence-corrected chi connectivity index (χ4v) is 1.83. The van der Waals surface area contributed by atoms with Crippen LogP contribution in [0.3, 0.4) is 0 Å². The van der Waals surface area contributed by atoms with Gasteiger partial charge in [-0.25, -0.2) is 4.98 Å².